The van der Waals surface area contributed by atoms with Crippen molar-refractivity contribution in [2.45, 2.75) is 146 Å². The van der Waals surface area contributed by atoms with Crippen molar-refractivity contribution in [3.8, 4) is 0 Å². The standard InChI is InChI=1S/C34H60N6O8/c1-12-24(48-16-23(42)14-40-26(44)34(36-28(40)46)20-31(6,7)38(11)32(8,9)21-34)17-47-15-22(41)13-39-25(43)33(35-27(39)45)18-29(2,3)37(10)30(4,5)19-33/h22-24,41-42H,12-21H2,1-11H3,(H,35,45)(H,36,46). The fourth-order valence-electron chi connectivity index (χ4n) is 8.75. The smallest absolute Gasteiger partial charge is 0.325 e. The number of aliphatic hydroxyl groups excluding tert-OH is 2. The Bertz CT molecular complexity index is 1230. The maximum absolute atomic E-state index is 13.6. The van der Waals surface area contributed by atoms with E-state index in [4.69, 9.17) is 9.47 Å². The third kappa shape index (κ3) is 7.25. The van der Waals surface area contributed by atoms with Gasteiger partial charge in [-0.3, -0.25) is 29.2 Å². The fourth-order valence-corrected chi connectivity index (χ4v) is 8.75. The molecular formula is C34H60N6O8. The van der Waals surface area contributed by atoms with Crippen LogP contribution in [0.3, 0.4) is 0 Å². The molecule has 2 spiro atoms. The molecule has 0 aromatic rings. The number of ether oxygens (including phenoxy) is 2. The molecule has 4 rings (SSSR count). The van der Waals surface area contributed by atoms with Crippen molar-refractivity contribution in [1.82, 2.24) is 30.2 Å². The number of amides is 6. The molecule has 0 radical (unpaired) electrons. The summed E-state index contributed by atoms with van der Waals surface area (Å²) in [5.74, 6) is -0.659. The molecule has 4 saturated heterocycles. The molecule has 0 saturated carbocycles. The van der Waals surface area contributed by atoms with E-state index in [0.29, 0.717) is 32.1 Å². The lowest BCUT2D eigenvalue weighted by atomic mass is 9.69. The van der Waals surface area contributed by atoms with Crippen molar-refractivity contribution in [3.05, 3.63) is 0 Å². The number of hydrogen-bond acceptors (Lipinski definition) is 10. The summed E-state index contributed by atoms with van der Waals surface area (Å²) < 4.78 is 11.6. The average Bonchev–Trinajstić information content (AvgIpc) is 3.29. The molecule has 3 unspecified atom stereocenters. The van der Waals surface area contributed by atoms with Crippen LogP contribution in [0.25, 0.3) is 0 Å². The highest BCUT2D eigenvalue weighted by atomic mass is 16.5. The van der Waals surface area contributed by atoms with Gasteiger partial charge in [-0.05, 0) is 102 Å². The molecule has 14 nitrogen and oxygen atoms in total. The van der Waals surface area contributed by atoms with E-state index in [-0.39, 0.29) is 66.9 Å². The van der Waals surface area contributed by atoms with E-state index in [1.165, 1.54) is 0 Å². The summed E-state index contributed by atoms with van der Waals surface area (Å²) in [6, 6.07) is -1.03. The summed E-state index contributed by atoms with van der Waals surface area (Å²) >= 11 is 0. The van der Waals surface area contributed by atoms with Crippen LogP contribution in [0.1, 0.15) is 94.4 Å². The molecule has 274 valence electrons. The first-order valence-electron chi connectivity index (χ1n) is 17.2. The Morgan fingerprint density at radius 1 is 0.646 bits per heavy atom. The zero-order valence-corrected chi connectivity index (χ0v) is 30.9. The molecule has 4 heterocycles. The van der Waals surface area contributed by atoms with Gasteiger partial charge in [0.05, 0.1) is 51.2 Å². The van der Waals surface area contributed by atoms with Gasteiger partial charge in [-0.2, -0.15) is 0 Å². The molecule has 0 bridgehead atoms. The second-order valence-electron chi connectivity index (χ2n) is 17.1. The van der Waals surface area contributed by atoms with Crippen LogP contribution in [-0.2, 0) is 19.1 Å². The number of rotatable bonds is 12. The Balaban J connectivity index is 1.24. The highest BCUT2D eigenvalue weighted by Crippen LogP contribution is 2.46. The van der Waals surface area contributed by atoms with Gasteiger partial charge in [0.2, 0.25) is 0 Å². The first kappa shape index (κ1) is 38.4. The average molecular weight is 681 g/mol. The number of carbonyl (C=O) groups excluding carboxylic acids is 4. The third-order valence-electron chi connectivity index (χ3n) is 11.4. The number of aliphatic hydroxyl groups is 2. The molecule has 4 aliphatic rings. The zero-order chi connectivity index (χ0) is 36.3. The monoisotopic (exact) mass is 680 g/mol. The number of hydrogen-bond donors (Lipinski definition) is 4. The maximum Gasteiger partial charge on any atom is 0.325 e. The van der Waals surface area contributed by atoms with Gasteiger partial charge in [0.25, 0.3) is 11.8 Å². The number of nitrogens with zero attached hydrogens (tertiary/aromatic N) is 4. The Labute approximate surface area is 285 Å². The largest absolute Gasteiger partial charge is 0.389 e. The molecule has 4 N–H and O–H groups in total. The van der Waals surface area contributed by atoms with Crippen LogP contribution < -0.4 is 10.6 Å². The highest BCUT2D eigenvalue weighted by molar-refractivity contribution is 6.08. The number of nitrogens with one attached hydrogen (secondary N) is 2. The summed E-state index contributed by atoms with van der Waals surface area (Å²) in [4.78, 5) is 59.7. The lowest BCUT2D eigenvalue weighted by molar-refractivity contribution is -0.141. The molecule has 0 aromatic carbocycles. The van der Waals surface area contributed by atoms with Crippen molar-refractivity contribution < 1.29 is 38.9 Å². The van der Waals surface area contributed by atoms with Gasteiger partial charge in [0, 0.05) is 22.2 Å². The van der Waals surface area contributed by atoms with E-state index in [0.717, 1.165) is 9.80 Å². The number of piperidine rings is 2. The van der Waals surface area contributed by atoms with Gasteiger partial charge >= 0.3 is 12.1 Å². The molecule has 4 aliphatic heterocycles. The number of carbonyl (C=O) groups is 4. The topological polar surface area (TPSA) is 164 Å². The highest BCUT2D eigenvalue weighted by Gasteiger charge is 2.62. The van der Waals surface area contributed by atoms with Crippen LogP contribution in [-0.4, -0.2) is 152 Å². The van der Waals surface area contributed by atoms with E-state index < -0.39 is 41.5 Å². The van der Waals surface area contributed by atoms with Gasteiger partial charge in [0.15, 0.2) is 0 Å². The normalized spacial score (nSPS) is 27.8. The molecule has 14 heteroatoms. The van der Waals surface area contributed by atoms with E-state index in [2.05, 4.69) is 75.8 Å². The maximum atomic E-state index is 13.6. The summed E-state index contributed by atoms with van der Waals surface area (Å²) in [6.07, 6.45) is -0.265. The fraction of sp³-hybridized carbons (Fsp3) is 0.882. The van der Waals surface area contributed by atoms with Gasteiger partial charge in [-0.15, -0.1) is 0 Å². The minimum absolute atomic E-state index is 0.100. The number of urea groups is 2. The van der Waals surface area contributed by atoms with Crippen LogP contribution in [0.2, 0.25) is 0 Å². The van der Waals surface area contributed by atoms with Crippen LogP contribution >= 0.6 is 0 Å². The van der Waals surface area contributed by atoms with E-state index in [1.54, 1.807) is 0 Å². The van der Waals surface area contributed by atoms with Gasteiger partial charge in [-0.25, -0.2) is 9.59 Å². The molecule has 4 fully saturated rings. The van der Waals surface area contributed by atoms with Crippen LogP contribution in [0.4, 0.5) is 9.59 Å². The van der Waals surface area contributed by atoms with Crippen molar-refractivity contribution in [2.75, 3.05) is 47.0 Å². The zero-order valence-electron chi connectivity index (χ0n) is 30.9. The second kappa shape index (κ2) is 13.1. The number of β-amino-alcohol motifs (C(OH)–C–C–N with tert-alkyl or cyclic N) is 2. The Morgan fingerprint density at radius 3 is 1.35 bits per heavy atom. The summed E-state index contributed by atoms with van der Waals surface area (Å²) in [5, 5.41) is 27.4. The van der Waals surface area contributed by atoms with Crippen molar-refractivity contribution in [2.24, 2.45) is 0 Å². The van der Waals surface area contributed by atoms with E-state index >= 15 is 0 Å². The Kier molecular flexibility index (Phi) is 10.5. The molecule has 48 heavy (non-hydrogen) atoms. The molecule has 6 amide bonds. The second-order valence-corrected chi connectivity index (χ2v) is 17.1. The Morgan fingerprint density at radius 2 is 1.00 bits per heavy atom. The predicted octanol–water partition coefficient (Wildman–Crippen LogP) is 1.67. The summed E-state index contributed by atoms with van der Waals surface area (Å²) in [7, 11) is 4.06. The minimum atomic E-state index is -1.11. The summed E-state index contributed by atoms with van der Waals surface area (Å²) in [6.45, 7) is 17.8. The molecule has 0 aromatic heterocycles. The van der Waals surface area contributed by atoms with Crippen molar-refractivity contribution in [1.29, 1.82) is 0 Å². The van der Waals surface area contributed by atoms with Crippen LogP contribution in [0.15, 0.2) is 0 Å². The first-order chi connectivity index (χ1) is 21.9. The molecular weight excluding hydrogens is 620 g/mol. The van der Waals surface area contributed by atoms with Crippen LogP contribution in [0.5, 0.6) is 0 Å². The lowest BCUT2D eigenvalue weighted by Gasteiger charge is -2.56. The first-order valence-corrected chi connectivity index (χ1v) is 17.2. The SMILES string of the molecule is CCC(COCC(O)CN1C(=O)NC2(CC(C)(C)N(C)C(C)(C)C2)C1=O)OCC(O)CN1C(=O)NC2(CC(C)(C)N(C)C(C)(C)C2)C1=O. The predicted molar refractivity (Wildman–Crippen MR) is 179 cm³/mol. The van der Waals surface area contributed by atoms with Gasteiger partial charge in [0.1, 0.15) is 11.1 Å². The number of imide groups is 2. The Hall–Kier alpha value is -2.36. The van der Waals surface area contributed by atoms with E-state index in [9.17, 15) is 29.4 Å². The van der Waals surface area contributed by atoms with Gasteiger partial charge < -0.3 is 30.3 Å². The lowest BCUT2D eigenvalue weighted by Crippen LogP contribution is -2.68. The number of likely N-dealkylation sites (tertiary alicyclic amines) is 2. The van der Waals surface area contributed by atoms with Crippen molar-refractivity contribution >= 4 is 23.9 Å². The van der Waals surface area contributed by atoms with Gasteiger partial charge in [-0.1, -0.05) is 6.92 Å². The summed E-state index contributed by atoms with van der Waals surface area (Å²) in [5.41, 5.74) is -3.37. The van der Waals surface area contributed by atoms with Crippen molar-refractivity contribution in [3.63, 3.8) is 0 Å². The minimum Gasteiger partial charge on any atom is -0.389 e. The van der Waals surface area contributed by atoms with E-state index in [1.807, 2.05) is 21.0 Å². The molecule has 3 atom stereocenters. The van der Waals surface area contributed by atoms with Crippen LogP contribution in [0, 0.1) is 0 Å². The quantitative estimate of drug-likeness (QED) is 0.223. The third-order valence-corrected chi connectivity index (χ3v) is 11.4. The molecule has 0 aliphatic carbocycles.